The molecule has 0 aromatic heterocycles. The highest BCUT2D eigenvalue weighted by Crippen LogP contribution is 2.42. The van der Waals surface area contributed by atoms with Crippen LogP contribution in [0.4, 0.5) is 0 Å². The van der Waals surface area contributed by atoms with Gasteiger partial charge in [0.15, 0.2) is 11.2 Å². The van der Waals surface area contributed by atoms with Crippen molar-refractivity contribution in [1.29, 1.82) is 0 Å². The minimum Gasteiger partial charge on any atom is -0.508 e. The molecular weight excluding hydrogens is 416 g/mol. The Morgan fingerprint density at radius 3 is 2.35 bits per heavy atom. The molecule has 4 rings (SSSR count). The summed E-state index contributed by atoms with van der Waals surface area (Å²) in [5, 5.41) is 20.4. The Morgan fingerprint density at radius 1 is 0.968 bits per heavy atom. The van der Waals surface area contributed by atoms with Crippen LogP contribution in [0.1, 0.15) is 34.6 Å². The molecule has 156 valence electrons. The Balaban J connectivity index is 2.09. The number of carbonyl (C=O) groups is 2. The molecule has 0 fully saturated rings. The van der Waals surface area contributed by atoms with Gasteiger partial charge in [0, 0.05) is 34.2 Å². The second kappa shape index (κ2) is 7.28. The van der Waals surface area contributed by atoms with Gasteiger partial charge < -0.3 is 14.6 Å². The van der Waals surface area contributed by atoms with Crippen molar-refractivity contribution in [3.8, 4) is 28.2 Å². The summed E-state index contributed by atoms with van der Waals surface area (Å²) in [7, 11) is 0. The van der Waals surface area contributed by atoms with Crippen molar-refractivity contribution in [3.05, 3.63) is 75.9 Å². The third-order valence-corrected chi connectivity index (χ3v) is 5.22. The largest absolute Gasteiger partial charge is 0.508 e. The molecule has 0 saturated carbocycles. The molecule has 0 unspecified atom stereocenters. The number of hydrogen-bond donors (Lipinski definition) is 3. The number of carbonyl (C=O) groups excluding carboxylic acids is 1. The summed E-state index contributed by atoms with van der Waals surface area (Å²) < 4.78 is 4.84. The predicted molar refractivity (Wildman–Crippen MR) is 121 cm³/mol. The van der Waals surface area contributed by atoms with E-state index in [-0.39, 0.29) is 33.8 Å². The molecule has 0 saturated heterocycles. The normalized spacial score (nSPS) is 11.7. The van der Waals surface area contributed by atoms with Crippen molar-refractivity contribution in [2.24, 2.45) is 0 Å². The van der Waals surface area contributed by atoms with Gasteiger partial charge in [-0.3, -0.25) is 9.59 Å². The minimum absolute atomic E-state index is 0.0322. The summed E-state index contributed by atoms with van der Waals surface area (Å²) in [6, 6.07) is 13.2. The van der Waals surface area contributed by atoms with E-state index in [4.69, 9.17) is 4.42 Å². The van der Waals surface area contributed by atoms with E-state index in [1.165, 1.54) is 30.3 Å². The lowest BCUT2D eigenvalue weighted by Gasteiger charge is -2.19. The van der Waals surface area contributed by atoms with Crippen LogP contribution in [-0.4, -0.2) is 26.7 Å². The summed E-state index contributed by atoms with van der Waals surface area (Å²) in [6.45, 7) is 3.28. The molecule has 2 N–H and O–H groups in total. The van der Waals surface area contributed by atoms with E-state index in [2.05, 4.69) is 12.6 Å². The zero-order valence-corrected chi connectivity index (χ0v) is 17.6. The maximum atomic E-state index is 12.6. The van der Waals surface area contributed by atoms with Crippen molar-refractivity contribution in [2.75, 3.05) is 0 Å². The van der Waals surface area contributed by atoms with E-state index in [9.17, 15) is 24.6 Å². The number of fused-ring (bicyclic) bond motifs is 2. The Bertz CT molecular complexity index is 1390. The van der Waals surface area contributed by atoms with Crippen LogP contribution in [0.5, 0.6) is 5.75 Å². The number of phenols is 1. The smallest absolute Gasteiger partial charge is 0.336 e. The highest BCUT2D eigenvalue weighted by Gasteiger charge is 2.27. The molecular formula is C24H18O6S. The van der Waals surface area contributed by atoms with Crippen molar-refractivity contribution in [1.82, 2.24) is 0 Å². The first-order chi connectivity index (χ1) is 14.6. The van der Waals surface area contributed by atoms with Crippen LogP contribution < -0.4 is 5.43 Å². The number of benzene rings is 3. The fourth-order valence-corrected chi connectivity index (χ4v) is 3.71. The lowest BCUT2D eigenvalue weighted by atomic mass is 9.88. The van der Waals surface area contributed by atoms with E-state index in [0.29, 0.717) is 27.7 Å². The van der Waals surface area contributed by atoms with Gasteiger partial charge in [0.2, 0.25) is 0 Å². The molecule has 1 aliphatic heterocycles. The standard InChI is InChI=1S/C24H18O6S/c1-24(2,31)22(27)12-3-6-15(18(9-12)23(28)29)21-16-7-4-13(25)10-19(16)30-20-11-14(26)5-8-17(20)21/h3-11,25,31H,1-2H3,(H,28,29). The molecule has 31 heavy (non-hydrogen) atoms. The molecule has 7 heteroatoms. The highest BCUT2D eigenvalue weighted by atomic mass is 32.1. The van der Waals surface area contributed by atoms with Crippen LogP contribution in [0.3, 0.4) is 0 Å². The first-order valence-corrected chi connectivity index (χ1v) is 9.85. The summed E-state index contributed by atoms with van der Waals surface area (Å²) in [4.78, 5) is 36.7. The van der Waals surface area contributed by atoms with Gasteiger partial charge in [0.25, 0.3) is 0 Å². The zero-order valence-electron chi connectivity index (χ0n) is 16.7. The number of Topliss-reactive ketones (excluding diaryl/α,β-unsaturated/α-hetero) is 1. The Hall–Kier alpha value is -3.58. The van der Waals surface area contributed by atoms with E-state index < -0.39 is 10.7 Å². The summed E-state index contributed by atoms with van der Waals surface area (Å²) in [5.41, 5.74) is 1.60. The SMILES string of the molecule is CC(C)(S)C(=O)c1ccc(-c2c3ccc(=O)cc-3oc3cc(O)ccc23)c(C(=O)O)c1. The number of hydrogen-bond acceptors (Lipinski definition) is 6. The molecule has 1 aliphatic carbocycles. The van der Waals surface area contributed by atoms with Gasteiger partial charge in [0.1, 0.15) is 17.1 Å². The molecule has 2 aromatic carbocycles. The van der Waals surface area contributed by atoms with E-state index in [1.807, 2.05) is 0 Å². The van der Waals surface area contributed by atoms with Gasteiger partial charge in [-0.05, 0) is 49.7 Å². The molecule has 2 aromatic rings. The van der Waals surface area contributed by atoms with Crippen molar-refractivity contribution < 1.29 is 24.2 Å². The van der Waals surface area contributed by atoms with Gasteiger partial charge in [-0.2, -0.15) is 12.6 Å². The summed E-state index contributed by atoms with van der Waals surface area (Å²) >= 11 is 4.30. The second-order valence-electron chi connectivity index (χ2n) is 7.77. The van der Waals surface area contributed by atoms with Gasteiger partial charge in [-0.1, -0.05) is 12.1 Å². The molecule has 0 atom stereocenters. The number of carboxylic acids is 1. The number of carboxylic acid groups (broad SMARTS) is 1. The third-order valence-electron chi connectivity index (χ3n) is 5.01. The van der Waals surface area contributed by atoms with Crippen LogP contribution in [0.15, 0.2) is 63.8 Å². The first-order valence-electron chi connectivity index (χ1n) is 9.41. The van der Waals surface area contributed by atoms with E-state index in [0.717, 1.165) is 0 Å². The monoisotopic (exact) mass is 434 g/mol. The molecule has 2 aliphatic rings. The molecule has 6 nitrogen and oxygen atoms in total. The molecule has 0 spiro atoms. The molecule has 0 amide bonds. The fraction of sp³-hybridized carbons (Fsp3) is 0.125. The molecule has 0 radical (unpaired) electrons. The average molecular weight is 434 g/mol. The highest BCUT2D eigenvalue weighted by molar-refractivity contribution is 7.82. The number of aromatic carboxylic acids is 1. The number of thiol groups is 1. The third kappa shape index (κ3) is 3.68. The first kappa shape index (κ1) is 20.7. The lowest BCUT2D eigenvalue weighted by molar-refractivity contribution is 0.0697. The van der Waals surface area contributed by atoms with Crippen LogP contribution in [-0.2, 0) is 0 Å². The lowest BCUT2D eigenvalue weighted by Crippen LogP contribution is -2.25. The number of aromatic hydroxyl groups is 1. The van der Waals surface area contributed by atoms with Crippen LogP contribution in [0.2, 0.25) is 0 Å². The van der Waals surface area contributed by atoms with Crippen molar-refractivity contribution in [3.63, 3.8) is 0 Å². The average Bonchev–Trinajstić information content (AvgIpc) is 2.70. The van der Waals surface area contributed by atoms with Crippen LogP contribution >= 0.6 is 12.6 Å². The summed E-state index contributed by atoms with van der Waals surface area (Å²) in [5.74, 6) is -1.28. The zero-order chi connectivity index (χ0) is 22.5. The summed E-state index contributed by atoms with van der Waals surface area (Å²) in [6.07, 6.45) is 0. The van der Waals surface area contributed by atoms with Gasteiger partial charge in [-0.25, -0.2) is 4.79 Å². The van der Waals surface area contributed by atoms with Gasteiger partial charge >= 0.3 is 5.97 Å². The number of rotatable bonds is 4. The number of ketones is 1. The van der Waals surface area contributed by atoms with E-state index >= 15 is 0 Å². The van der Waals surface area contributed by atoms with Gasteiger partial charge in [0.05, 0.1) is 10.3 Å². The van der Waals surface area contributed by atoms with Crippen LogP contribution in [0, 0.1) is 0 Å². The van der Waals surface area contributed by atoms with Gasteiger partial charge in [-0.15, -0.1) is 0 Å². The van der Waals surface area contributed by atoms with Crippen LogP contribution in [0.25, 0.3) is 33.4 Å². The molecule has 1 heterocycles. The quantitative estimate of drug-likeness (QED) is 0.241. The molecule has 0 bridgehead atoms. The topological polar surface area (TPSA) is 105 Å². The Kier molecular flexibility index (Phi) is 4.86. The Labute approximate surface area is 182 Å². The van der Waals surface area contributed by atoms with E-state index in [1.54, 1.807) is 38.1 Å². The fourth-order valence-electron chi connectivity index (χ4n) is 3.58. The maximum Gasteiger partial charge on any atom is 0.336 e. The van der Waals surface area contributed by atoms with Crippen molar-refractivity contribution >= 4 is 35.4 Å². The Morgan fingerprint density at radius 2 is 1.68 bits per heavy atom. The second-order valence-corrected chi connectivity index (χ2v) is 8.89. The predicted octanol–water partition coefficient (Wildman–Crippen LogP) is 4.86. The maximum absolute atomic E-state index is 12.6. The number of phenolic OH excluding ortho intramolecular Hbond substituents is 1. The van der Waals surface area contributed by atoms with Crippen molar-refractivity contribution in [2.45, 2.75) is 18.6 Å². The minimum atomic E-state index is -1.21.